The number of carbonyl (C=O) groups excluding carboxylic acids is 2. The van der Waals surface area contributed by atoms with Crippen LogP contribution in [0.2, 0.25) is 0 Å². The molecule has 0 aliphatic carbocycles. The van der Waals surface area contributed by atoms with Gasteiger partial charge in [-0.25, -0.2) is 15.2 Å². The first-order chi connectivity index (χ1) is 17.0. The van der Waals surface area contributed by atoms with Gasteiger partial charge in [0.1, 0.15) is 12.6 Å². The maximum atomic E-state index is 12.8. The van der Waals surface area contributed by atoms with Crippen LogP contribution >= 0.6 is 0 Å². The molecular weight excluding hydrogens is 460 g/mol. The fourth-order valence-corrected chi connectivity index (χ4v) is 3.18. The lowest BCUT2D eigenvalue weighted by Gasteiger charge is -2.16. The third-order valence-corrected chi connectivity index (χ3v) is 4.90. The van der Waals surface area contributed by atoms with Crippen LogP contribution in [0.15, 0.2) is 60.1 Å². The van der Waals surface area contributed by atoms with Gasteiger partial charge in [-0.3, -0.25) is 14.9 Å². The Morgan fingerprint density at radius 1 is 1.26 bits per heavy atom. The molecule has 1 atom stereocenters. The molecule has 1 aliphatic rings. The predicted octanol–water partition coefficient (Wildman–Crippen LogP) is 2.03. The van der Waals surface area contributed by atoms with Crippen LogP contribution in [0.3, 0.4) is 0 Å². The van der Waals surface area contributed by atoms with Crippen molar-refractivity contribution in [1.29, 1.82) is 0 Å². The number of nitro groups is 1. The summed E-state index contributed by atoms with van der Waals surface area (Å²) in [6.07, 6.45) is 3.33. The maximum absolute atomic E-state index is 12.8. The summed E-state index contributed by atoms with van der Waals surface area (Å²) in [5.41, 5.74) is 3.48. The first-order valence-electron chi connectivity index (χ1n) is 10.3. The first kappa shape index (κ1) is 23.2. The lowest BCUT2D eigenvalue weighted by molar-refractivity contribution is -0.385. The Morgan fingerprint density at radius 2 is 2.03 bits per heavy atom. The zero-order valence-electron chi connectivity index (χ0n) is 18.2. The highest BCUT2D eigenvalue weighted by Gasteiger charge is 2.24. The van der Waals surface area contributed by atoms with Crippen LogP contribution in [-0.2, 0) is 22.6 Å². The largest absolute Gasteiger partial charge is 0.454 e. The van der Waals surface area contributed by atoms with Gasteiger partial charge in [-0.05, 0) is 11.6 Å². The summed E-state index contributed by atoms with van der Waals surface area (Å²) >= 11 is 0. The number of hydrogen-bond acceptors (Lipinski definition) is 9. The number of H-pyrrole nitrogens is 1. The quantitative estimate of drug-likeness (QED) is 0.237. The van der Waals surface area contributed by atoms with Crippen LogP contribution in [-0.4, -0.2) is 45.9 Å². The van der Waals surface area contributed by atoms with E-state index >= 15 is 0 Å². The molecule has 2 aromatic carbocycles. The zero-order chi connectivity index (χ0) is 24.6. The Bertz CT molecular complexity index is 1230. The number of aromatic nitrogens is 2. The van der Waals surface area contributed by atoms with Gasteiger partial charge in [0.25, 0.3) is 11.6 Å². The van der Waals surface area contributed by atoms with E-state index in [0.29, 0.717) is 11.4 Å². The van der Waals surface area contributed by atoms with E-state index in [1.54, 1.807) is 12.1 Å². The zero-order valence-corrected chi connectivity index (χ0v) is 18.2. The molecule has 1 aliphatic heterocycles. The summed E-state index contributed by atoms with van der Waals surface area (Å²) in [7, 11) is 0. The lowest BCUT2D eigenvalue weighted by atomic mass is 10.1. The lowest BCUT2D eigenvalue weighted by Crippen LogP contribution is -2.47. The first-order valence-corrected chi connectivity index (χ1v) is 10.3. The van der Waals surface area contributed by atoms with Gasteiger partial charge >= 0.3 is 6.09 Å². The van der Waals surface area contributed by atoms with Crippen LogP contribution < -0.4 is 20.2 Å². The van der Waals surface area contributed by atoms with Crippen molar-refractivity contribution >= 4 is 23.9 Å². The molecule has 0 saturated heterocycles. The molecule has 13 nitrogen and oxygen atoms in total. The maximum Gasteiger partial charge on any atom is 0.408 e. The minimum Gasteiger partial charge on any atom is -0.454 e. The molecule has 0 radical (unpaired) electrons. The third-order valence-electron chi connectivity index (χ3n) is 4.90. The van der Waals surface area contributed by atoms with E-state index in [0.717, 1.165) is 11.8 Å². The summed E-state index contributed by atoms with van der Waals surface area (Å²) in [4.78, 5) is 42.6. The molecule has 3 N–H and O–H groups in total. The summed E-state index contributed by atoms with van der Waals surface area (Å²) < 4.78 is 15.6. The third kappa shape index (κ3) is 6.10. The number of nitrogens with one attached hydrogen (secondary N) is 3. The highest BCUT2D eigenvalue weighted by atomic mass is 16.7. The number of imidazole rings is 1. The number of nitrogens with zero attached hydrogens (tertiary/aromatic N) is 3. The number of fused-ring (bicyclic) bond motifs is 1. The Kier molecular flexibility index (Phi) is 7.16. The highest BCUT2D eigenvalue weighted by Crippen LogP contribution is 2.37. The predicted molar refractivity (Wildman–Crippen MR) is 121 cm³/mol. The summed E-state index contributed by atoms with van der Waals surface area (Å²) in [5, 5.41) is 17.7. The SMILES string of the molecule is O=C(N[C@H](Cc1cnc[nH]1)C(=O)N/N=C\c1cc2c(cc1[N+](=O)[O-])OCO2)OCc1ccccc1. The number of amides is 2. The van der Waals surface area contributed by atoms with Gasteiger partial charge in [0.15, 0.2) is 11.5 Å². The second-order valence-electron chi connectivity index (χ2n) is 7.30. The second-order valence-corrected chi connectivity index (χ2v) is 7.30. The molecule has 0 unspecified atom stereocenters. The second kappa shape index (κ2) is 10.8. The average molecular weight is 480 g/mol. The normalized spacial score (nSPS) is 12.8. The number of nitro benzene ring substituents is 1. The van der Waals surface area contributed by atoms with Gasteiger partial charge in [-0.15, -0.1) is 0 Å². The minimum atomic E-state index is -1.07. The van der Waals surface area contributed by atoms with E-state index in [2.05, 4.69) is 25.8 Å². The van der Waals surface area contributed by atoms with Gasteiger partial charge in [0.05, 0.1) is 29.1 Å². The molecule has 0 spiro atoms. The number of benzene rings is 2. The number of aromatic amines is 1. The van der Waals surface area contributed by atoms with Crippen molar-refractivity contribution in [2.75, 3.05) is 6.79 Å². The van der Waals surface area contributed by atoms with Gasteiger partial charge in [-0.2, -0.15) is 5.10 Å². The fraction of sp³-hybridized carbons (Fsp3) is 0.182. The van der Waals surface area contributed by atoms with E-state index in [4.69, 9.17) is 14.2 Å². The monoisotopic (exact) mass is 480 g/mol. The van der Waals surface area contributed by atoms with Gasteiger partial charge in [-0.1, -0.05) is 30.3 Å². The van der Waals surface area contributed by atoms with Crippen LogP contribution in [0.4, 0.5) is 10.5 Å². The van der Waals surface area contributed by atoms with Crippen molar-refractivity contribution in [3.8, 4) is 11.5 Å². The van der Waals surface area contributed by atoms with Crippen molar-refractivity contribution < 1.29 is 28.7 Å². The standard InChI is InChI=1S/C22H20N6O7/c29-21(27-25-9-15-6-19-20(35-13-34-19)8-18(15)28(31)32)17(7-16-10-23-12-24-16)26-22(30)33-11-14-4-2-1-3-5-14/h1-6,8-10,12,17H,7,11,13H2,(H,23,24)(H,26,30)(H,27,29)/b25-9-/t17-/m1/s1. The van der Waals surface area contributed by atoms with Crippen LogP contribution in [0.5, 0.6) is 11.5 Å². The van der Waals surface area contributed by atoms with E-state index in [1.165, 1.54) is 24.7 Å². The van der Waals surface area contributed by atoms with Gasteiger partial charge in [0.2, 0.25) is 6.79 Å². The molecule has 0 fully saturated rings. The average Bonchev–Trinajstić information content (AvgIpc) is 3.54. The van der Waals surface area contributed by atoms with Crippen LogP contribution in [0.1, 0.15) is 16.8 Å². The van der Waals surface area contributed by atoms with Crippen LogP contribution in [0.25, 0.3) is 0 Å². The smallest absolute Gasteiger partial charge is 0.408 e. The van der Waals surface area contributed by atoms with Crippen molar-refractivity contribution in [3.05, 3.63) is 81.9 Å². The van der Waals surface area contributed by atoms with Crippen molar-refractivity contribution in [2.45, 2.75) is 19.1 Å². The number of hydrogen-bond donors (Lipinski definition) is 3. The molecule has 2 heterocycles. The van der Waals surface area contributed by atoms with E-state index < -0.39 is 23.0 Å². The molecule has 0 bridgehead atoms. The minimum absolute atomic E-state index is 0.0248. The van der Waals surface area contributed by atoms with Gasteiger partial charge in [0, 0.05) is 18.3 Å². The van der Waals surface area contributed by atoms with E-state index in [-0.39, 0.29) is 36.8 Å². The number of rotatable bonds is 9. The summed E-state index contributed by atoms with van der Waals surface area (Å²) in [6.45, 7) is -0.0256. The Balaban J connectivity index is 1.42. The Hall–Kier alpha value is -4.94. The fourth-order valence-electron chi connectivity index (χ4n) is 3.18. The molecule has 0 saturated carbocycles. The molecule has 1 aromatic heterocycles. The molecule has 3 aromatic rings. The van der Waals surface area contributed by atoms with Crippen molar-refractivity contribution in [2.24, 2.45) is 5.10 Å². The molecular formula is C22H20N6O7. The summed E-state index contributed by atoms with van der Waals surface area (Å²) in [5.74, 6) is -0.102. The highest BCUT2D eigenvalue weighted by molar-refractivity contribution is 5.90. The summed E-state index contributed by atoms with van der Waals surface area (Å²) in [6, 6.07) is 10.6. The van der Waals surface area contributed by atoms with Gasteiger partial charge < -0.3 is 24.5 Å². The Morgan fingerprint density at radius 3 is 2.74 bits per heavy atom. The van der Waals surface area contributed by atoms with Crippen molar-refractivity contribution in [3.63, 3.8) is 0 Å². The molecule has 35 heavy (non-hydrogen) atoms. The number of hydrazone groups is 1. The molecule has 2 amide bonds. The van der Waals surface area contributed by atoms with Crippen LogP contribution in [0, 0.1) is 10.1 Å². The number of carbonyl (C=O) groups is 2. The topological polar surface area (TPSA) is 170 Å². The molecule has 180 valence electrons. The molecule has 13 heteroatoms. The molecule has 4 rings (SSSR count). The number of ether oxygens (including phenoxy) is 3. The Labute approximate surface area is 198 Å². The number of alkyl carbamates (subject to hydrolysis) is 1. The van der Waals surface area contributed by atoms with Crippen molar-refractivity contribution in [1.82, 2.24) is 20.7 Å². The van der Waals surface area contributed by atoms with E-state index in [9.17, 15) is 19.7 Å². The van der Waals surface area contributed by atoms with E-state index in [1.807, 2.05) is 18.2 Å².